The molecule has 14 heteroatoms. The zero-order valence-electron chi connectivity index (χ0n) is 29.6. The number of ether oxygens (including phenoxy) is 3. The molecule has 0 radical (unpaired) electrons. The predicted molar refractivity (Wildman–Crippen MR) is 195 cm³/mol. The van der Waals surface area contributed by atoms with Gasteiger partial charge in [0.1, 0.15) is 30.1 Å². The first kappa shape index (κ1) is 34.6. The van der Waals surface area contributed by atoms with E-state index in [1.165, 1.54) is 0 Å². The third-order valence-corrected chi connectivity index (χ3v) is 10.3. The minimum atomic E-state index is -1.22. The van der Waals surface area contributed by atoms with Crippen LogP contribution in [-0.4, -0.2) is 108 Å². The van der Waals surface area contributed by atoms with Crippen LogP contribution in [0.3, 0.4) is 0 Å². The lowest BCUT2D eigenvalue weighted by Crippen LogP contribution is -2.50. The molecule has 0 spiro atoms. The highest BCUT2D eigenvalue weighted by Crippen LogP contribution is 2.33. The Morgan fingerprint density at radius 2 is 1.65 bits per heavy atom. The number of carbonyl (C=O) groups excluding carboxylic acids is 1. The summed E-state index contributed by atoms with van der Waals surface area (Å²) in [6.45, 7) is 19.3. The van der Waals surface area contributed by atoms with Crippen molar-refractivity contribution in [1.82, 2.24) is 29.6 Å². The first-order valence-electron chi connectivity index (χ1n) is 17.1. The maximum absolute atomic E-state index is 12.4. The molecule has 1 N–H and O–H groups in total. The monoisotopic (exact) mass is 687 g/mol. The highest BCUT2D eigenvalue weighted by Gasteiger charge is 2.27. The average Bonchev–Trinajstić information content (AvgIpc) is 3.45. The van der Waals surface area contributed by atoms with Crippen LogP contribution in [0, 0.1) is 0 Å². The molecule has 2 aliphatic rings. The Labute approximate surface area is 289 Å². The van der Waals surface area contributed by atoms with Gasteiger partial charge in [0.15, 0.2) is 11.6 Å². The van der Waals surface area contributed by atoms with Crippen molar-refractivity contribution in [2.45, 2.75) is 58.8 Å². The summed E-state index contributed by atoms with van der Waals surface area (Å²) in [6, 6.07) is 15.5. The quantitative estimate of drug-likeness (QED) is 0.160. The topological polar surface area (TPSA) is 123 Å². The molecule has 262 valence electrons. The fourth-order valence-corrected chi connectivity index (χ4v) is 6.62. The number of fused-ring (bicyclic) bond motifs is 1. The Kier molecular flexibility index (Phi) is 10.4. The van der Waals surface area contributed by atoms with Gasteiger partial charge >= 0.3 is 6.09 Å². The molecular formula is C35H49N9O4Si. The number of hydrogen-bond donors (Lipinski definition) is 1. The van der Waals surface area contributed by atoms with Gasteiger partial charge in [-0.15, -0.1) is 10.2 Å². The van der Waals surface area contributed by atoms with Crippen molar-refractivity contribution in [3.63, 3.8) is 0 Å². The first-order valence-corrected chi connectivity index (χ1v) is 20.8. The largest absolute Gasteiger partial charge is 0.444 e. The molecule has 5 heterocycles. The average molecular weight is 688 g/mol. The molecule has 3 aromatic heterocycles. The van der Waals surface area contributed by atoms with Gasteiger partial charge in [-0.2, -0.15) is 0 Å². The number of nitrogens with zero attached hydrogens (tertiary/aromatic N) is 8. The van der Waals surface area contributed by atoms with E-state index in [2.05, 4.69) is 67.7 Å². The van der Waals surface area contributed by atoms with Crippen LogP contribution in [0.2, 0.25) is 25.7 Å². The van der Waals surface area contributed by atoms with Crippen molar-refractivity contribution in [3.8, 4) is 11.3 Å². The first-order chi connectivity index (χ1) is 23.4. The summed E-state index contributed by atoms with van der Waals surface area (Å²) in [7, 11) is -1.22. The molecule has 0 bridgehead atoms. The third-order valence-electron chi connectivity index (χ3n) is 8.56. The molecule has 0 saturated carbocycles. The van der Waals surface area contributed by atoms with Crippen molar-refractivity contribution in [2.75, 3.05) is 74.2 Å². The van der Waals surface area contributed by atoms with Crippen LogP contribution in [0.4, 0.5) is 27.9 Å². The minimum Gasteiger partial charge on any atom is -0.444 e. The molecule has 1 aromatic carbocycles. The highest BCUT2D eigenvalue weighted by atomic mass is 28.3. The fourth-order valence-electron chi connectivity index (χ4n) is 5.86. The number of anilines is 4. The Morgan fingerprint density at radius 3 is 2.31 bits per heavy atom. The van der Waals surface area contributed by atoms with Gasteiger partial charge in [-0.3, -0.25) is 0 Å². The Morgan fingerprint density at radius 1 is 0.918 bits per heavy atom. The maximum Gasteiger partial charge on any atom is 0.410 e. The van der Waals surface area contributed by atoms with E-state index in [0.717, 1.165) is 65.4 Å². The van der Waals surface area contributed by atoms with Crippen molar-refractivity contribution in [1.29, 1.82) is 0 Å². The minimum absolute atomic E-state index is 0.275. The predicted octanol–water partition coefficient (Wildman–Crippen LogP) is 5.84. The lowest BCUT2D eigenvalue weighted by Gasteiger charge is -2.35. The third kappa shape index (κ3) is 8.85. The second-order valence-electron chi connectivity index (χ2n) is 14.8. The van der Waals surface area contributed by atoms with Crippen LogP contribution in [0.5, 0.6) is 0 Å². The number of piperazine rings is 1. The van der Waals surface area contributed by atoms with Crippen LogP contribution in [0.15, 0.2) is 48.8 Å². The molecule has 0 atom stereocenters. The van der Waals surface area contributed by atoms with E-state index in [9.17, 15) is 4.79 Å². The highest BCUT2D eigenvalue weighted by molar-refractivity contribution is 6.76. The number of aromatic nitrogens is 5. The molecule has 0 unspecified atom stereocenters. The lowest BCUT2D eigenvalue weighted by molar-refractivity contribution is 0.0240. The second kappa shape index (κ2) is 14.7. The van der Waals surface area contributed by atoms with Gasteiger partial charge in [-0.05, 0) is 62.7 Å². The summed E-state index contributed by atoms with van der Waals surface area (Å²) in [5.74, 6) is 2.36. The zero-order chi connectivity index (χ0) is 34.6. The van der Waals surface area contributed by atoms with E-state index in [4.69, 9.17) is 24.2 Å². The summed E-state index contributed by atoms with van der Waals surface area (Å²) in [4.78, 5) is 28.0. The normalized spacial score (nSPS) is 15.9. The zero-order valence-corrected chi connectivity index (χ0v) is 30.6. The fraction of sp³-hybridized carbons (Fsp3) is 0.514. The SMILES string of the molecule is CC(C)(C)OC(=O)N1CCN(c2ccc(Nc3ccc(-c4cc5c(N6CCOCC6)ncnc5n4COCC[Si](C)(C)C)cc3)nn2)CC1. The summed E-state index contributed by atoms with van der Waals surface area (Å²) in [5, 5.41) is 13.3. The van der Waals surface area contributed by atoms with Gasteiger partial charge in [0.25, 0.3) is 0 Å². The lowest BCUT2D eigenvalue weighted by atomic mass is 10.1. The van der Waals surface area contributed by atoms with Gasteiger partial charge in [-0.1, -0.05) is 31.8 Å². The van der Waals surface area contributed by atoms with E-state index < -0.39 is 13.7 Å². The number of morpholine rings is 1. The summed E-state index contributed by atoms with van der Waals surface area (Å²) < 4.78 is 19.5. The molecule has 13 nitrogen and oxygen atoms in total. The van der Waals surface area contributed by atoms with E-state index in [1.807, 2.05) is 45.0 Å². The Balaban J connectivity index is 1.14. The summed E-state index contributed by atoms with van der Waals surface area (Å²) in [5.41, 5.74) is 3.34. The van der Waals surface area contributed by atoms with Crippen LogP contribution in [0.1, 0.15) is 20.8 Å². The molecule has 4 aromatic rings. The Hall–Kier alpha value is -4.27. The molecule has 0 aliphatic carbocycles. The molecular weight excluding hydrogens is 639 g/mol. The number of amides is 1. The van der Waals surface area contributed by atoms with Gasteiger partial charge in [0.05, 0.1) is 24.3 Å². The van der Waals surface area contributed by atoms with Gasteiger partial charge in [-0.25, -0.2) is 14.8 Å². The molecule has 49 heavy (non-hydrogen) atoms. The summed E-state index contributed by atoms with van der Waals surface area (Å²) in [6.07, 6.45) is 1.38. The van der Waals surface area contributed by atoms with Gasteiger partial charge < -0.3 is 38.8 Å². The second-order valence-corrected chi connectivity index (χ2v) is 20.4. The van der Waals surface area contributed by atoms with Crippen molar-refractivity contribution >= 4 is 48.3 Å². The molecule has 1 amide bonds. The molecule has 2 aliphatic heterocycles. The standard InChI is InChI=1S/C35H49N9O4Si/c1-35(2,3)48-34(45)43-15-13-41(14-16-43)31-12-11-30(39-40-31)38-27-9-7-26(8-10-27)29-23-28-32(42-17-19-46-20-18-42)36-24-37-33(28)44(29)25-47-21-22-49(4,5)6/h7-12,23-24H,13-22,25H2,1-6H3,(H,38,39). The molecule has 6 rings (SSSR count). The van der Waals surface area contributed by atoms with Crippen molar-refractivity contribution < 1.29 is 19.0 Å². The maximum atomic E-state index is 12.4. The van der Waals surface area contributed by atoms with E-state index in [0.29, 0.717) is 51.9 Å². The van der Waals surface area contributed by atoms with Crippen molar-refractivity contribution in [3.05, 3.63) is 48.8 Å². The number of hydrogen-bond acceptors (Lipinski definition) is 11. The summed E-state index contributed by atoms with van der Waals surface area (Å²) >= 11 is 0. The van der Waals surface area contributed by atoms with E-state index in [1.54, 1.807) is 11.2 Å². The number of rotatable bonds is 10. The molecule has 2 fully saturated rings. The van der Waals surface area contributed by atoms with E-state index >= 15 is 0 Å². The Bertz CT molecular complexity index is 1700. The van der Waals surface area contributed by atoms with E-state index in [-0.39, 0.29) is 6.09 Å². The van der Waals surface area contributed by atoms with Crippen LogP contribution in [-0.2, 0) is 20.9 Å². The van der Waals surface area contributed by atoms with Crippen molar-refractivity contribution in [2.24, 2.45) is 0 Å². The number of benzene rings is 1. The van der Waals surface area contributed by atoms with Crippen LogP contribution < -0.4 is 15.1 Å². The molecule has 2 saturated heterocycles. The number of nitrogens with one attached hydrogen (secondary N) is 1. The van der Waals surface area contributed by atoms with Gasteiger partial charge in [0, 0.05) is 59.6 Å². The van der Waals surface area contributed by atoms with Crippen LogP contribution in [0.25, 0.3) is 22.3 Å². The smallest absolute Gasteiger partial charge is 0.410 e. The van der Waals surface area contributed by atoms with Gasteiger partial charge in [0.2, 0.25) is 0 Å². The number of carbonyl (C=O) groups is 1. The van der Waals surface area contributed by atoms with Crippen LogP contribution >= 0.6 is 0 Å².